The van der Waals surface area contributed by atoms with Gasteiger partial charge in [-0.1, -0.05) is 42.0 Å². The van der Waals surface area contributed by atoms with Crippen molar-refractivity contribution in [3.63, 3.8) is 0 Å². The number of piperidine rings is 1. The third-order valence-corrected chi connectivity index (χ3v) is 5.04. The zero-order valence-corrected chi connectivity index (χ0v) is 13.0. The van der Waals surface area contributed by atoms with Crippen LogP contribution in [0.25, 0.3) is 0 Å². The molecule has 4 nitrogen and oxygen atoms in total. The number of carbonyl (C=O) groups is 2. The molecule has 0 radical (unpaired) electrons. The van der Waals surface area contributed by atoms with E-state index in [1.54, 1.807) is 4.90 Å². The minimum Gasteiger partial charge on any atom is -0.468 e. The number of allylic oxidation sites excluding steroid dienone is 1. The van der Waals surface area contributed by atoms with Gasteiger partial charge in [0.2, 0.25) is 5.91 Å². The highest BCUT2D eigenvalue weighted by Gasteiger charge is 2.60. The molecule has 0 unspecified atom stereocenters. The van der Waals surface area contributed by atoms with Gasteiger partial charge in [0, 0.05) is 13.1 Å². The fraction of sp³-hybridized carbons (Fsp3) is 0.444. The average molecular weight is 299 g/mol. The van der Waals surface area contributed by atoms with Gasteiger partial charge in [-0.3, -0.25) is 9.59 Å². The molecule has 1 aliphatic heterocycles. The van der Waals surface area contributed by atoms with E-state index in [0.717, 1.165) is 24.0 Å². The van der Waals surface area contributed by atoms with Crippen molar-refractivity contribution >= 4 is 11.9 Å². The number of benzene rings is 1. The van der Waals surface area contributed by atoms with Crippen LogP contribution in [0.5, 0.6) is 0 Å². The van der Waals surface area contributed by atoms with E-state index in [0.29, 0.717) is 13.1 Å². The summed E-state index contributed by atoms with van der Waals surface area (Å²) in [6, 6.07) is 9.88. The second-order valence-corrected chi connectivity index (χ2v) is 6.12. The number of carbonyl (C=O) groups excluding carboxylic acids is 2. The van der Waals surface area contributed by atoms with Crippen molar-refractivity contribution in [1.29, 1.82) is 0 Å². The van der Waals surface area contributed by atoms with Crippen LogP contribution in [-0.2, 0) is 20.9 Å². The van der Waals surface area contributed by atoms with Crippen molar-refractivity contribution in [3.05, 3.63) is 47.5 Å². The average Bonchev–Trinajstić information content (AvgIpc) is 2.89. The molecule has 0 spiro atoms. The molecule has 1 fully saturated rings. The fourth-order valence-electron chi connectivity index (χ4n) is 3.85. The zero-order valence-electron chi connectivity index (χ0n) is 13.0. The van der Waals surface area contributed by atoms with Gasteiger partial charge in [0.05, 0.1) is 7.11 Å². The van der Waals surface area contributed by atoms with Crippen molar-refractivity contribution in [1.82, 2.24) is 4.90 Å². The van der Waals surface area contributed by atoms with Gasteiger partial charge >= 0.3 is 5.97 Å². The Labute approximate surface area is 130 Å². The summed E-state index contributed by atoms with van der Waals surface area (Å²) in [5.74, 6) is -0.475. The summed E-state index contributed by atoms with van der Waals surface area (Å²) in [4.78, 5) is 27.4. The van der Waals surface area contributed by atoms with E-state index in [1.807, 2.05) is 43.3 Å². The highest BCUT2D eigenvalue weighted by molar-refractivity contribution is 6.07. The largest absolute Gasteiger partial charge is 0.468 e. The highest BCUT2D eigenvalue weighted by Crippen LogP contribution is 2.50. The van der Waals surface area contributed by atoms with E-state index in [4.69, 9.17) is 4.74 Å². The van der Waals surface area contributed by atoms with E-state index in [2.05, 4.69) is 0 Å². The molecular formula is C18H21NO3. The van der Waals surface area contributed by atoms with Gasteiger partial charge in [0.1, 0.15) is 0 Å². The normalized spacial score (nSPS) is 27.4. The quantitative estimate of drug-likeness (QED) is 0.489. The highest BCUT2D eigenvalue weighted by atomic mass is 16.5. The molecule has 1 heterocycles. The predicted molar refractivity (Wildman–Crippen MR) is 82.8 cm³/mol. The number of ether oxygens (including phenoxy) is 1. The van der Waals surface area contributed by atoms with E-state index in [9.17, 15) is 9.59 Å². The van der Waals surface area contributed by atoms with Crippen LogP contribution in [0.15, 0.2) is 42.0 Å². The predicted octanol–water partition coefficient (Wildman–Crippen LogP) is 2.54. The first kappa shape index (κ1) is 14.8. The topological polar surface area (TPSA) is 46.6 Å². The molecule has 1 aromatic carbocycles. The lowest BCUT2D eigenvalue weighted by Crippen LogP contribution is -2.56. The van der Waals surface area contributed by atoms with E-state index in [1.165, 1.54) is 7.11 Å². The number of fused-ring (bicyclic) bond motifs is 1. The summed E-state index contributed by atoms with van der Waals surface area (Å²) in [7, 11) is 1.36. The molecule has 1 aliphatic carbocycles. The van der Waals surface area contributed by atoms with E-state index < -0.39 is 11.4 Å². The number of esters is 1. The molecular weight excluding hydrogens is 278 g/mol. The van der Waals surface area contributed by atoms with Gasteiger partial charge in [-0.2, -0.15) is 0 Å². The minimum absolute atomic E-state index is 0.0412. The van der Waals surface area contributed by atoms with Crippen LogP contribution >= 0.6 is 0 Å². The molecule has 3 rings (SSSR count). The Morgan fingerprint density at radius 3 is 2.77 bits per heavy atom. The first-order valence-electron chi connectivity index (χ1n) is 7.69. The minimum atomic E-state index is -1.10. The second-order valence-electron chi connectivity index (χ2n) is 6.12. The monoisotopic (exact) mass is 299 g/mol. The number of amides is 1. The Morgan fingerprint density at radius 1 is 1.36 bits per heavy atom. The van der Waals surface area contributed by atoms with E-state index >= 15 is 0 Å². The maximum absolute atomic E-state index is 13.1. The van der Waals surface area contributed by atoms with Crippen molar-refractivity contribution < 1.29 is 14.3 Å². The van der Waals surface area contributed by atoms with Crippen LogP contribution in [0.1, 0.15) is 25.3 Å². The molecule has 116 valence electrons. The summed E-state index contributed by atoms with van der Waals surface area (Å²) >= 11 is 0. The van der Waals surface area contributed by atoms with Gasteiger partial charge in [-0.25, -0.2) is 0 Å². The summed E-state index contributed by atoms with van der Waals surface area (Å²) in [5, 5.41) is 0. The number of hydrogen-bond donors (Lipinski definition) is 0. The maximum atomic E-state index is 13.1. The Kier molecular flexibility index (Phi) is 3.77. The molecule has 0 N–H and O–H groups in total. The third kappa shape index (κ3) is 2.05. The molecule has 1 aromatic rings. The van der Waals surface area contributed by atoms with Crippen molar-refractivity contribution in [2.24, 2.45) is 11.3 Å². The van der Waals surface area contributed by atoms with Crippen molar-refractivity contribution in [2.75, 3.05) is 13.7 Å². The van der Waals surface area contributed by atoms with Gasteiger partial charge in [-0.15, -0.1) is 0 Å². The fourth-order valence-corrected chi connectivity index (χ4v) is 3.85. The molecule has 0 aromatic heterocycles. The van der Waals surface area contributed by atoms with Gasteiger partial charge in [0.15, 0.2) is 5.41 Å². The number of likely N-dealkylation sites (tertiary alicyclic amines) is 1. The molecule has 4 heteroatoms. The number of hydrogen-bond acceptors (Lipinski definition) is 3. The number of methoxy groups -OCH3 is 1. The summed E-state index contributed by atoms with van der Waals surface area (Å²) < 4.78 is 5.01. The number of nitrogens with zero attached hydrogens (tertiary/aromatic N) is 1. The van der Waals surface area contributed by atoms with Crippen LogP contribution < -0.4 is 0 Å². The SMILES string of the molecule is COC(=O)[C@]12C(=O)N(Cc3ccccc3)CC[C@H]1CC=C2C. The van der Waals surface area contributed by atoms with Gasteiger partial charge < -0.3 is 9.64 Å². The smallest absolute Gasteiger partial charge is 0.325 e. The maximum Gasteiger partial charge on any atom is 0.325 e. The van der Waals surface area contributed by atoms with Gasteiger partial charge in [-0.05, 0) is 31.2 Å². The zero-order chi connectivity index (χ0) is 15.7. The van der Waals surface area contributed by atoms with Crippen LogP contribution in [0.3, 0.4) is 0 Å². The third-order valence-electron chi connectivity index (χ3n) is 5.04. The number of rotatable bonds is 3. The second kappa shape index (κ2) is 5.59. The molecule has 2 aliphatic rings. The first-order valence-corrected chi connectivity index (χ1v) is 7.69. The standard InChI is InChI=1S/C18H21NO3/c1-13-8-9-15-10-11-19(12-14-6-4-3-5-7-14)16(20)18(13,15)17(21)22-2/h3-8,15H,9-12H2,1-2H3/t15-,18+/m1/s1. The lowest BCUT2D eigenvalue weighted by Gasteiger charge is -2.42. The van der Waals surface area contributed by atoms with Crippen molar-refractivity contribution in [2.45, 2.75) is 26.3 Å². The lowest BCUT2D eigenvalue weighted by atomic mass is 9.69. The molecule has 22 heavy (non-hydrogen) atoms. The molecule has 2 atom stereocenters. The Morgan fingerprint density at radius 2 is 2.09 bits per heavy atom. The van der Waals surface area contributed by atoms with Crippen LogP contribution in [-0.4, -0.2) is 30.4 Å². The van der Waals surface area contributed by atoms with Gasteiger partial charge in [0.25, 0.3) is 0 Å². The Hall–Kier alpha value is -2.10. The Balaban J connectivity index is 1.92. The van der Waals surface area contributed by atoms with E-state index in [-0.39, 0.29) is 11.8 Å². The Bertz CT molecular complexity index is 622. The summed E-state index contributed by atoms with van der Waals surface area (Å²) in [6.07, 6.45) is 3.64. The molecule has 0 bridgehead atoms. The lowest BCUT2D eigenvalue weighted by molar-refractivity contribution is -0.167. The molecule has 0 saturated carbocycles. The first-order chi connectivity index (χ1) is 10.6. The van der Waals surface area contributed by atoms with Crippen LogP contribution in [0, 0.1) is 11.3 Å². The molecule has 1 saturated heterocycles. The summed E-state index contributed by atoms with van der Waals surface area (Å²) in [5.41, 5.74) is 0.822. The molecule has 1 amide bonds. The summed E-state index contributed by atoms with van der Waals surface area (Å²) in [6.45, 7) is 3.11. The van der Waals surface area contributed by atoms with Crippen molar-refractivity contribution in [3.8, 4) is 0 Å². The van der Waals surface area contributed by atoms with Crippen LogP contribution in [0.4, 0.5) is 0 Å². The van der Waals surface area contributed by atoms with Crippen LogP contribution in [0.2, 0.25) is 0 Å².